The van der Waals surface area contributed by atoms with Gasteiger partial charge in [0.25, 0.3) is 0 Å². The lowest BCUT2D eigenvalue weighted by molar-refractivity contribution is 0.190. The van der Waals surface area contributed by atoms with Crippen LogP contribution in [0.25, 0.3) is 0 Å². The van der Waals surface area contributed by atoms with E-state index in [1.165, 1.54) is 18.2 Å². The maximum atomic E-state index is 12.9. The maximum absolute atomic E-state index is 12.9. The summed E-state index contributed by atoms with van der Waals surface area (Å²) in [6.07, 6.45) is -0.933. The zero-order valence-corrected chi connectivity index (χ0v) is 11.1. The van der Waals surface area contributed by atoms with E-state index in [2.05, 4.69) is 21.2 Å². The highest BCUT2D eigenvalue weighted by atomic mass is 79.9. The molecule has 1 aromatic rings. The summed E-state index contributed by atoms with van der Waals surface area (Å²) in [5.74, 6) is -0.733. The summed E-state index contributed by atoms with van der Waals surface area (Å²) >= 11 is 3.17. The predicted octanol–water partition coefficient (Wildman–Crippen LogP) is 1.16. The molecule has 2 unspecified atom stereocenters. The third-order valence-corrected chi connectivity index (χ3v) is 4.97. The second kappa shape index (κ2) is 4.55. The molecule has 0 amide bonds. The number of aliphatic hydroxyl groups excluding tert-OH is 1. The summed E-state index contributed by atoms with van der Waals surface area (Å²) in [4.78, 5) is 0. The number of rotatable bonds is 2. The molecule has 1 aliphatic rings. The molecule has 0 aliphatic carbocycles. The van der Waals surface area contributed by atoms with Gasteiger partial charge in [0.05, 0.1) is 23.7 Å². The molecule has 1 aromatic carbocycles. The van der Waals surface area contributed by atoms with Crippen LogP contribution in [0.2, 0.25) is 0 Å². The smallest absolute Gasteiger partial charge is 0.155 e. The fraction of sp³-hybridized carbons (Fsp3) is 0.400. The van der Waals surface area contributed by atoms with Gasteiger partial charge in [-0.25, -0.2) is 12.8 Å². The van der Waals surface area contributed by atoms with Gasteiger partial charge >= 0.3 is 0 Å². The summed E-state index contributed by atoms with van der Waals surface area (Å²) in [5.41, 5.74) is 0.563. The largest absolute Gasteiger partial charge is 0.390 e. The Morgan fingerprint density at radius 1 is 1.41 bits per heavy atom. The summed E-state index contributed by atoms with van der Waals surface area (Å²) in [7, 11) is -3.19. The van der Waals surface area contributed by atoms with Crippen LogP contribution in [0.15, 0.2) is 22.7 Å². The minimum absolute atomic E-state index is 0.113. The molecule has 0 spiro atoms. The summed E-state index contributed by atoms with van der Waals surface area (Å²) < 4.78 is 36.0. The highest BCUT2D eigenvalue weighted by Crippen LogP contribution is 2.26. The average Bonchev–Trinajstić information content (AvgIpc) is 2.44. The Bertz CT molecular complexity index is 534. The Balaban J connectivity index is 2.17. The van der Waals surface area contributed by atoms with Crippen molar-refractivity contribution in [1.82, 2.24) is 0 Å². The lowest BCUT2D eigenvalue weighted by atomic mass is 10.2. The Morgan fingerprint density at radius 3 is 2.65 bits per heavy atom. The number of hydrogen-bond donors (Lipinski definition) is 2. The van der Waals surface area contributed by atoms with Gasteiger partial charge in [-0.2, -0.15) is 0 Å². The lowest BCUT2D eigenvalue weighted by Crippen LogP contribution is -2.31. The molecule has 0 radical (unpaired) electrons. The molecule has 0 bridgehead atoms. The zero-order valence-electron chi connectivity index (χ0n) is 8.73. The predicted molar refractivity (Wildman–Crippen MR) is 66.2 cm³/mol. The van der Waals surface area contributed by atoms with E-state index in [1.54, 1.807) is 0 Å². The monoisotopic (exact) mass is 323 g/mol. The van der Waals surface area contributed by atoms with Crippen LogP contribution in [0.3, 0.4) is 0 Å². The van der Waals surface area contributed by atoms with Crippen molar-refractivity contribution in [2.45, 2.75) is 12.1 Å². The summed E-state index contributed by atoms with van der Waals surface area (Å²) in [6, 6.07) is 3.49. The van der Waals surface area contributed by atoms with Gasteiger partial charge in [0.1, 0.15) is 5.82 Å². The van der Waals surface area contributed by atoms with Crippen molar-refractivity contribution >= 4 is 31.5 Å². The van der Waals surface area contributed by atoms with Crippen LogP contribution in [-0.4, -0.2) is 37.2 Å². The van der Waals surface area contributed by atoms with E-state index in [9.17, 15) is 17.9 Å². The van der Waals surface area contributed by atoms with Crippen molar-refractivity contribution in [2.24, 2.45) is 0 Å². The van der Waals surface area contributed by atoms with Crippen molar-refractivity contribution < 1.29 is 17.9 Å². The molecule has 2 rings (SSSR count). The number of aliphatic hydroxyl groups is 1. The molecule has 1 aliphatic heterocycles. The van der Waals surface area contributed by atoms with Gasteiger partial charge in [-0.05, 0) is 34.1 Å². The van der Waals surface area contributed by atoms with Gasteiger partial charge in [-0.1, -0.05) is 0 Å². The van der Waals surface area contributed by atoms with Gasteiger partial charge in [0, 0.05) is 10.2 Å². The molecule has 0 saturated carbocycles. The van der Waals surface area contributed by atoms with Crippen LogP contribution in [0, 0.1) is 5.82 Å². The van der Waals surface area contributed by atoms with E-state index in [0.717, 1.165) is 0 Å². The number of halogens is 2. The standard InChI is InChI=1S/C10H11BrFNO3S/c11-7-3-6(12)1-2-8(7)13-9-4-17(15,16)5-10(9)14/h1-3,9-10,13-14H,4-5H2. The van der Waals surface area contributed by atoms with Crippen molar-refractivity contribution in [3.05, 3.63) is 28.5 Å². The summed E-state index contributed by atoms with van der Waals surface area (Å²) in [6.45, 7) is 0. The second-order valence-corrected chi connectivity index (χ2v) is 7.03. The first-order chi connectivity index (χ1) is 7.87. The fourth-order valence-electron chi connectivity index (χ4n) is 1.77. The maximum Gasteiger partial charge on any atom is 0.155 e. The summed E-state index contributed by atoms with van der Waals surface area (Å²) in [5, 5.41) is 12.5. The first kappa shape index (κ1) is 12.8. The second-order valence-electron chi connectivity index (χ2n) is 4.02. The Kier molecular flexibility index (Phi) is 3.42. The Labute approximate surface area is 107 Å². The van der Waals surface area contributed by atoms with Crippen molar-refractivity contribution in [2.75, 3.05) is 16.8 Å². The van der Waals surface area contributed by atoms with Crippen LogP contribution >= 0.6 is 15.9 Å². The molecule has 1 heterocycles. The Morgan fingerprint density at radius 2 is 2.12 bits per heavy atom. The molecular formula is C10H11BrFNO3S. The molecule has 17 heavy (non-hydrogen) atoms. The first-order valence-electron chi connectivity index (χ1n) is 4.97. The van der Waals surface area contributed by atoms with Gasteiger partial charge in [0.15, 0.2) is 9.84 Å². The minimum Gasteiger partial charge on any atom is -0.390 e. The molecule has 0 aromatic heterocycles. The first-order valence-corrected chi connectivity index (χ1v) is 7.59. The van der Waals surface area contributed by atoms with E-state index in [4.69, 9.17) is 0 Å². The number of anilines is 1. The highest BCUT2D eigenvalue weighted by molar-refractivity contribution is 9.10. The highest BCUT2D eigenvalue weighted by Gasteiger charge is 2.36. The van der Waals surface area contributed by atoms with E-state index < -0.39 is 22.0 Å². The van der Waals surface area contributed by atoms with Crippen LogP contribution in [0.1, 0.15) is 0 Å². The van der Waals surface area contributed by atoms with Crippen LogP contribution < -0.4 is 5.32 Å². The SMILES string of the molecule is O=S1(=O)CC(O)C(Nc2ccc(F)cc2Br)C1. The number of benzene rings is 1. The molecule has 2 N–H and O–H groups in total. The molecule has 94 valence electrons. The third kappa shape index (κ3) is 2.97. The number of hydrogen-bond acceptors (Lipinski definition) is 4. The third-order valence-electron chi connectivity index (χ3n) is 2.59. The Hall–Kier alpha value is -0.660. The molecule has 2 atom stereocenters. The molecule has 7 heteroatoms. The number of sulfone groups is 1. The van der Waals surface area contributed by atoms with Crippen molar-refractivity contribution in [3.8, 4) is 0 Å². The zero-order chi connectivity index (χ0) is 12.6. The molecule has 1 fully saturated rings. The van der Waals surface area contributed by atoms with Crippen molar-refractivity contribution in [1.29, 1.82) is 0 Å². The average molecular weight is 324 g/mol. The van der Waals surface area contributed by atoms with Crippen LogP contribution in [-0.2, 0) is 9.84 Å². The lowest BCUT2D eigenvalue weighted by Gasteiger charge is -2.17. The van der Waals surface area contributed by atoms with Gasteiger partial charge < -0.3 is 10.4 Å². The fourth-order valence-corrected chi connectivity index (χ4v) is 3.98. The van der Waals surface area contributed by atoms with E-state index in [1.807, 2.05) is 0 Å². The normalized spacial score (nSPS) is 27.0. The van der Waals surface area contributed by atoms with E-state index in [-0.39, 0.29) is 17.3 Å². The van der Waals surface area contributed by atoms with E-state index >= 15 is 0 Å². The quantitative estimate of drug-likeness (QED) is 0.857. The van der Waals surface area contributed by atoms with E-state index in [0.29, 0.717) is 10.2 Å². The van der Waals surface area contributed by atoms with Crippen LogP contribution in [0.4, 0.5) is 10.1 Å². The minimum atomic E-state index is -3.19. The molecular weight excluding hydrogens is 313 g/mol. The van der Waals surface area contributed by atoms with Crippen molar-refractivity contribution in [3.63, 3.8) is 0 Å². The molecule has 4 nitrogen and oxygen atoms in total. The van der Waals surface area contributed by atoms with Gasteiger partial charge in [0.2, 0.25) is 0 Å². The van der Waals surface area contributed by atoms with Crippen LogP contribution in [0.5, 0.6) is 0 Å². The van der Waals surface area contributed by atoms with Gasteiger partial charge in [-0.15, -0.1) is 0 Å². The van der Waals surface area contributed by atoms with Gasteiger partial charge in [-0.3, -0.25) is 0 Å². The molecule has 1 saturated heterocycles. The topological polar surface area (TPSA) is 66.4 Å². The number of nitrogens with one attached hydrogen (secondary N) is 1.